The Hall–Kier alpha value is -2.08. The molecule has 1 saturated carbocycles. The Morgan fingerprint density at radius 3 is 2.59 bits per heavy atom. The molecule has 1 aliphatic carbocycles. The van der Waals surface area contributed by atoms with Crippen molar-refractivity contribution in [3.8, 4) is 5.75 Å². The van der Waals surface area contributed by atoms with Gasteiger partial charge in [0.25, 0.3) is 0 Å². The molecule has 148 valence electrons. The van der Waals surface area contributed by atoms with E-state index in [-0.39, 0.29) is 24.5 Å². The molecule has 27 heavy (non-hydrogen) atoms. The van der Waals surface area contributed by atoms with Gasteiger partial charge >= 0.3 is 5.97 Å². The number of ether oxygens (including phenoxy) is 2. The number of esters is 1. The molecule has 6 nitrogen and oxygen atoms in total. The number of carbonyl (C=O) groups is 2. The number of benzene rings is 1. The summed E-state index contributed by atoms with van der Waals surface area (Å²) < 4.78 is 10.1. The first-order valence-corrected chi connectivity index (χ1v) is 9.85. The van der Waals surface area contributed by atoms with Gasteiger partial charge in [0.1, 0.15) is 11.8 Å². The van der Waals surface area contributed by atoms with Crippen LogP contribution in [-0.2, 0) is 20.7 Å². The lowest BCUT2D eigenvalue weighted by Gasteiger charge is -2.32. The van der Waals surface area contributed by atoms with Crippen molar-refractivity contribution in [2.24, 2.45) is 5.92 Å². The summed E-state index contributed by atoms with van der Waals surface area (Å²) in [6.45, 7) is 0.847. The highest BCUT2D eigenvalue weighted by Crippen LogP contribution is 2.39. The highest BCUT2D eigenvalue weighted by Gasteiger charge is 2.46. The van der Waals surface area contributed by atoms with Crippen LogP contribution in [0.5, 0.6) is 5.75 Å². The Balaban J connectivity index is 1.52. The van der Waals surface area contributed by atoms with E-state index in [2.05, 4.69) is 10.2 Å². The summed E-state index contributed by atoms with van der Waals surface area (Å²) in [4.78, 5) is 26.8. The maximum atomic E-state index is 12.5. The summed E-state index contributed by atoms with van der Waals surface area (Å²) in [5.41, 5.74) is 1.15. The van der Waals surface area contributed by atoms with Crippen molar-refractivity contribution in [2.75, 3.05) is 27.3 Å². The van der Waals surface area contributed by atoms with Crippen molar-refractivity contribution >= 4 is 11.9 Å². The summed E-state index contributed by atoms with van der Waals surface area (Å²) in [7, 11) is 3.07. The van der Waals surface area contributed by atoms with E-state index in [0.717, 1.165) is 37.0 Å². The average molecular weight is 374 g/mol. The molecule has 1 aliphatic heterocycles. The van der Waals surface area contributed by atoms with Gasteiger partial charge in [0.2, 0.25) is 5.91 Å². The van der Waals surface area contributed by atoms with E-state index >= 15 is 0 Å². The quantitative estimate of drug-likeness (QED) is 0.741. The van der Waals surface area contributed by atoms with E-state index in [1.54, 1.807) is 7.11 Å². The summed E-state index contributed by atoms with van der Waals surface area (Å²) in [6.07, 6.45) is 6.19. The lowest BCUT2D eigenvalue weighted by atomic mass is 9.85. The number of rotatable bonds is 7. The zero-order valence-electron chi connectivity index (χ0n) is 16.3. The molecule has 6 heteroatoms. The molecule has 0 aromatic heterocycles. The van der Waals surface area contributed by atoms with Gasteiger partial charge in [0, 0.05) is 12.6 Å². The monoisotopic (exact) mass is 374 g/mol. The van der Waals surface area contributed by atoms with Crippen LogP contribution in [0, 0.1) is 5.92 Å². The molecule has 1 saturated heterocycles. The number of fused-ring (bicyclic) bond motifs is 1. The minimum atomic E-state index is -0.282. The third kappa shape index (κ3) is 4.80. The Bertz CT molecular complexity index is 646. The molecule has 2 fully saturated rings. The lowest BCUT2D eigenvalue weighted by Crippen LogP contribution is -2.48. The molecule has 0 bridgehead atoms. The van der Waals surface area contributed by atoms with Crippen molar-refractivity contribution in [1.82, 2.24) is 10.2 Å². The Morgan fingerprint density at radius 1 is 1.15 bits per heavy atom. The average Bonchev–Trinajstić information content (AvgIpc) is 3.06. The van der Waals surface area contributed by atoms with E-state index in [1.165, 1.54) is 20.0 Å². The molecule has 0 unspecified atom stereocenters. The van der Waals surface area contributed by atoms with Crippen molar-refractivity contribution < 1.29 is 19.1 Å². The van der Waals surface area contributed by atoms with Gasteiger partial charge in [-0.1, -0.05) is 25.0 Å². The van der Waals surface area contributed by atoms with Gasteiger partial charge in [-0.3, -0.25) is 14.5 Å². The Labute approximate surface area is 161 Å². The van der Waals surface area contributed by atoms with Gasteiger partial charge in [-0.25, -0.2) is 0 Å². The van der Waals surface area contributed by atoms with Crippen LogP contribution in [-0.4, -0.2) is 56.2 Å². The molecule has 1 amide bonds. The minimum absolute atomic E-state index is 0.0244. The summed E-state index contributed by atoms with van der Waals surface area (Å²) in [5.74, 6) is 1.10. The number of hydrogen-bond donors (Lipinski definition) is 1. The number of methoxy groups -OCH3 is 2. The molecular formula is C21H30N2O4. The molecule has 1 aromatic carbocycles. The highest BCUT2D eigenvalue weighted by atomic mass is 16.5. The number of likely N-dealkylation sites (tertiary alicyclic amines) is 1. The van der Waals surface area contributed by atoms with E-state index in [0.29, 0.717) is 18.5 Å². The van der Waals surface area contributed by atoms with Crippen molar-refractivity contribution in [3.05, 3.63) is 29.8 Å². The van der Waals surface area contributed by atoms with Crippen LogP contribution in [0.25, 0.3) is 0 Å². The van der Waals surface area contributed by atoms with Gasteiger partial charge in [0.15, 0.2) is 0 Å². The van der Waals surface area contributed by atoms with Crippen LogP contribution in [0.15, 0.2) is 24.3 Å². The Kier molecular flexibility index (Phi) is 6.72. The number of nitrogens with one attached hydrogen (secondary N) is 1. The van der Waals surface area contributed by atoms with Crippen molar-refractivity contribution in [2.45, 2.75) is 50.6 Å². The van der Waals surface area contributed by atoms with Crippen molar-refractivity contribution in [3.63, 3.8) is 0 Å². The topological polar surface area (TPSA) is 67.9 Å². The van der Waals surface area contributed by atoms with Crippen molar-refractivity contribution in [1.29, 1.82) is 0 Å². The van der Waals surface area contributed by atoms with E-state index in [4.69, 9.17) is 9.47 Å². The number of amides is 1. The number of hydrogen-bond acceptors (Lipinski definition) is 5. The van der Waals surface area contributed by atoms with E-state index in [9.17, 15) is 9.59 Å². The molecular weight excluding hydrogens is 344 g/mol. The second-order valence-corrected chi connectivity index (χ2v) is 7.51. The fourth-order valence-corrected chi connectivity index (χ4v) is 4.51. The van der Waals surface area contributed by atoms with Crippen LogP contribution in [0.2, 0.25) is 0 Å². The fourth-order valence-electron chi connectivity index (χ4n) is 4.51. The first-order chi connectivity index (χ1) is 13.1. The fraction of sp³-hybridized carbons (Fsp3) is 0.619. The summed E-state index contributed by atoms with van der Waals surface area (Å²) >= 11 is 0. The zero-order valence-corrected chi connectivity index (χ0v) is 16.3. The lowest BCUT2D eigenvalue weighted by molar-refractivity contribution is -0.146. The standard InChI is InChI=1S/C21H30N2O4/c1-26-17-9-7-15(8-10-17)11-12-22-20(24)14-23-18-6-4-3-5-16(18)13-19(23)21(25)27-2/h7-10,16,18-19H,3-6,11-14H2,1-2H3,(H,22,24)/t16-,18+,19-/m0/s1. The first kappa shape index (κ1) is 19.7. The summed E-state index contributed by atoms with van der Waals surface area (Å²) in [5, 5.41) is 3.00. The van der Waals surface area contributed by atoms with Crippen LogP contribution in [0.1, 0.15) is 37.7 Å². The molecule has 0 radical (unpaired) electrons. The first-order valence-electron chi connectivity index (χ1n) is 9.85. The van der Waals surface area contributed by atoms with Crippen LogP contribution in [0.4, 0.5) is 0 Å². The predicted octanol–water partition coefficient (Wildman–Crippen LogP) is 2.16. The maximum absolute atomic E-state index is 12.5. The molecule has 0 spiro atoms. The molecule has 1 heterocycles. The normalized spacial score (nSPS) is 24.9. The smallest absolute Gasteiger partial charge is 0.323 e. The van der Waals surface area contributed by atoms with E-state index < -0.39 is 0 Å². The number of carbonyl (C=O) groups excluding carboxylic acids is 2. The third-order valence-electron chi connectivity index (χ3n) is 5.92. The van der Waals surface area contributed by atoms with Gasteiger partial charge in [-0.15, -0.1) is 0 Å². The van der Waals surface area contributed by atoms with Gasteiger partial charge in [-0.05, 0) is 49.3 Å². The van der Waals surface area contributed by atoms with Gasteiger partial charge < -0.3 is 14.8 Å². The second-order valence-electron chi connectivity index (χ2n) is 7.51. The summed E-state index contributed by atoms with van der Waals surface area (Å²) in [6, 6.07) is 7.90. The van der Waals surface area contributed by atoms with Crippen LogP contribution < -0.4 is 10.1 Å². The molecule has 1 aromatic rings. The zero-order chi connectivity index (χ0) is 19.2. The molecule has 3 atom stereocenters. The van der Waals surface area contributed by atoms with Crippen LogP contribution in [0.3, 0.4) is 0 Å². The van der Waals surface area contributed by atoms with Gasteiger partial charge in [-0.2, -0.15) is 0 Å². The van der Waals surface area contributed by atoms with Gasteiger partial charge in [0.05, 0.1) is 20.8 Å². The second kappa shape index (κ2) is 9.22. The maximum Gasteiger partial charge on any atom is 0.323 e. The third-order valence-corrected chi connectivity index (χ3v) is 5.92. The SMILES string of the molecule is COC(=O)[C@@H]1C[C@@H]2CCCC[C@H]2N1CC(=O)NCCc1ccc(OC)cc1. The van der Waals surface area contributed by atoms with E-state index in [1.807, 2.05) is 24.3 Å². The molecule has 2 aliphatic rings. The minimum Gasteiger partial charge on any atom is -0.497 e. The predicted molar refractivity (Wildman–Crippen MR) is 103 cm³/mol. The number of nitrogens with zero attached hydrogens (tertiary/aromatic N) is 1. The van der Waals surface area contributed by atoms with Crippen LogP contribution >= 0.6 is 0 Å². The Morgan fingerprint density at radius 2 is 1.89 bits per heavy atom. The largest absolute Gasteiger partial charge is 0.497 e. The molecule has 1 N–H and O–H groups in total. The highest BCUT2D eigenvalue weighted by molar-refractivity contribution is 5.81. The molecule has 3 rings (SSSR count).